The molecule has 3 aliphatic rings. The summed E-state index contributed by atoms with van der Waals surface area (Å²) >= 11 is 0. The van der Waals surface area contributed by atoms with E-state index >= 15 is 0 Å². The number of aliphatic hydroxyl groups excluding tert-OH is 1. The Balaban J connectivity index is 1.56. The van der Waals surface area contributed by atoms with Crippen LogP contribution in [-0.4, -0.2) is 35.1 Å². The average molecular weight is 546 g/mol. The molecule has 1 heterocycles. The van der Waals surface area contributed by atoms with Crippen molar-refractivity contribution in [2.75, 3.05) is 14.1 Å². The van der Waals surface area contributed by atoms with Crippen LogP contribution in [0.5, 0.6) is 0 Å². The van der Waals surface area contributed by atoms with Crippen molar-refractivity contribution in [2.24, 2.45) is 28.4 Å². The molecule has 0 saturated carbocycles. The molecule has 212 valence electrons. The minimum Gasteiger partial charge on any atom is -0.510 e. The van der Waals surface area contributed by atoms with Crippen LogP contribution in [-0.2, 0) is 6.42 Å². The number of aryl methyl sites for hydroxylation is 1. The molecule has 4 heteroatoms. The second-order valence-electron chi connectivity index (χ2n) is 13.5. The summed E-state index contributed by atoms with van der Waals surface area (Å²) in [7, 11) is 4.13. The highest BCUT2D eigenvalue weighted by molar-refractivity contribution is 5.90. The third-order valence-electron chi connectivity index (χ3n) is 11.1. The molecule has 0 spiro atoms. The van der Waals surface area contributed by atoms with E-state index in [1.807, 2.05) is 12.3 Å². The first-order valence-corrected chi connectivity index (χ1v) is 14.7. The molecule has 0 bridgehead atoms. The minimum absolute atomic E-state index is 0.142. The Morgan fingerprint density at radius 1 is 1.10 bits per heavy atom. The fraction of sp³-hybridized carbons (Fsp3) is 0.378. The van der Waals surface area contributed by atoms with Gasteiger partial charge in [0, 0.05) is 39.2 Å². The van der Waals surface area contributed by atoms with Gasteiger partial charge in [-0.3, -0.25) is 9.88 Å². The van der Waals surface area contributed by atoms with Gasteiger partial charge in [0.15, 0.2) is 0 Å². The molecular formula is C37H43N3O. The summed E-state index contributed by atoms with van der Waals surface area (Å²) in [4.78, 5) is 6.96. The number of aromatic nitrogens is 1. The van der Waals surface area contributed by atoms with E-state index in [-0.39, 0.29) is 17.4 Å². The van der Waals surface area contributed by atoms with Crippen molar-refractivity contribution in [1.29, 1.82) is 0 Å². The molecular weight excluding hydrogens is 502 g/mol. The summed E-state index contributed by atoms with van der Waals surface area (Å²) in [6, 6.07) is 14.9. The lowest BCUT2D eigenvalue weighted by molar-refractivity contribution is -0.0163. The number of para-hydroxylation sites is 1. The number of rotatable bonds is 3. The van der Waals surface area contributed by atoms with Gasteiger partial charge in [-0.15, -0.1) is 0 Å². The third-order valence-corrected chi connectivity index (χ3v) is 11.1. The Labute approximate surface area is 245 Å². The molecule has 1 aromatic heterocycles. The van der Waals surface area contributed by atoms with Crippen LogP contribution in [0.15, 0.2) is 90.0 Å². The number of hydrogen-bond acceptors (Lipinski definition) is 4. The number of pyridine rings is 1. The molecule has 0 aliphatic heterocycles. The minimum atomic E-state index is -0.406. The number of hydrogen-bond donors (Lipinski definition) is 2. The molecule has 3 aliphatic carbocycles. The first kappa shape index (κ1) is 27.5. The van der Waals surface area contributed by atoms with E-state index < -0.39 is 5.41 Å². The van der Waals surface area contributed by atoms with Crippen molar-refractivity contribution < 1.29 is 5.11 Å². The van der Waals surface area contributed by atoms with E-state index in [1.54, 1.807) is 0 Å². The summed E-state index contributed by atoms with van der Waals surface area (Å²) in [6.07, 6.45) is 3.92. The zero-order valence-electron chi connectivity index (χ0n) is 25.6. The Bertz CT molecular complexity index is 1700. The van der Waals surface area contributed by atoms with Crippen LogP contribution in [0.1, 0.15) is 50.8 Å². The Morgan fingerprint density at radius 3 is 2.49 bits per heavy atom. The van der Waals surface area contributed by atoms with Crippen LogP contribution < -0.4 is 5.73 Å². The number of nitrogens with zero attached hydrogens (tertiary/aromatic N) is 2. The van der Waals surface area contributed by atoms with Gasteiger partial charge in [0.05, 0.1) is 11.6 Å². The molecule has 6 rings (SSSR count). The lowest BCUT2D eigenvalue weighted by atomic mass is 9.44. The Kier molecular flexibility index (Phi) is 6.17. The van der Waals surface area contributed by atoms with E-state index in [9.17, 15) is 5.11 Å². The van der Waals surface area contributed by atoms with Crippen molar-refractivity contribution >= 4 is 16.5 Å². The maximum Gasteiger partial charge on any atom is 0.115 e. The van der Waals surface area contributed by atoms with Gasteiger partial charge in [0.1, 0.15) is 5.76 Å². The molecule has 3 aromatic rings. The van der Waals surface area contributed by atoms with Gasteiger partial charge in [-0.1, -0.05) is 69.8 Å². The molecule has 2 aromatic carbocycles. The highest BCUT2D eigenvalue weighted by atomic mass is 16.3. The molecule has 4 atom stereocenters. The van der Waals surface area contributed by atoms with E-state index in [0.717, 1.165) is 40.5 Å². The Morgan fingerprint density at radius 2 is 1.80 bits per heavy atom. The van der Waals surface area contributed by atoms with Crippen molar-refractivity contribution in [3.05, 3.63) is 107 Å². The highest BCUT2D eigenvalue weighted by Crippen LogP contribution is 2.67. The van der Waals surface area contributed by atoms with Crippen molar-refractivity contribution in [1.82, 2.24) is 9.88 Å². The largest absolute Gasteiger partial charge is 0.510 e. The van der Waals surface area contributed by atoms with Crippen LogP contribution in [0.4, 0.5) is 0 Å². The van der Waals surface area contributed by atoms with Crippen LogP contribution in [0.2, 0.25) is 0 Å². The van der Waals surface area contributed by atoms with Crippen LogP contribution >= 0.6 is 0 Å². The van der Waals surface area contributed by atoms with Crippen molar-refractivity contribution in [3.63, 3.8) is 0 Å². The van der Waals surface area contributed by atoms with Gasteiger partial charge in [-0.25, -0.2) is 0 Å². The lowest BCUT2D eigenvalue weighted by Crippen LogP contribution is -2.59. The van der Waals surface area contributed by atoms with E-state index in [1.165, 1.54) is 33.4 Å². The topological polar surface area (TPSA) is 62.4 Å². The average Bonchev–Trinajstić information content (AvgIpc) is 2.90. The predicted octanol–water partition coefficient (Wildman–Crippen LogP) is 7.99. The van der Waals surface area contributed by atoms with E-state index in [4.69, 9.17) is 17.3 Å². The number of fused-ring (bicyclic) bond motifs is 4. The summed E-state index contributed by atoms with van der Waals surface area (Å²) in [5.41, 5.74) is 18.2. The van der Waals surface area contributed by atoms with Gasteiger partial charge in [-0.05, 0) is 98.2 Å². The second-order valence-corrected chi connectivity index (χ2v) is 13.5. The number of likely N-dealkylation sites (N-methyl/N-ethyl adjacent to an activating group) is 1. The molecule has 0 saturated heterocycles. The summed E-state index contributed by atoms with van der Waals surface area (Å²) in [5, 5.41) is 12.9. The standard InChI is InChI=1S/C37H43N3O/c1-20-14-15-27(26-16-24-12-10-11-13-30(24)39-19-26)28-17-25-18-29-34(40(8)9)35(41)33(23(4)38)36(5,6)37(29,7)22(3)32(25)21(2)31(20)28/h10-16,19,25,29,34,41H,2,4,17-18,38H2,1,3,5-9H3/t25-,29-,34+,37-/m0/s1. The molecule has 41 heavy (non-hydrogen) atoms. The number of benzene rings is 2. The van der Waals surface area contributed by atoms with Gasteiger partial charge < -0.3 is 10.8 Å². The van der Waals surface area contributed by atoms with Gasteiger partial charge in [0.25, 0.3) is 0 Å². The first-order valence-electron chi connectivity index (χ1n) is 14.7. The Hall–Kier alpha value is -3.63. The summed E-state index contributed by atoms with van der Waals surface area (Å²) in [5.74, 6) is 0.894. The first-order chi connectivity index (χ1) is 19.3. The molecule has 0 radical (unpaired) electrons. The fourth-order valence-electron chi connectivity index (χ4n) is 8.91. The van der Waals surface area contributed by atoms with Crippen molar-refractivity contribution in [2.45, 2.75) is 53.5 Å². The van der Waals surface area contributed by atoms with Crippen LogP contribution in [0.3, 0.4) is 0 Å². The van der Waals surface area contributed by atoms with E-state index in [0.29, 0.717) is 17.4 Å². The monoisotopic (exact) mass is 545 g/mol. The maximum absolute atomic E-state index is 11.7. The second kappa shape index (κ2) is 9.19. The number of nitrogens with two attached hydrogens (primary N) is 1. The van der Waals surface area contributed by atoms with Gasteiger partial charge in [0.2, 0.25) is 0 Å². The number of aliphatic hydroxyl groups is 1. The summed E-state index contributed by atoms with van der Waals surface area (Å²) < 4.78 is 0. The third kappa shape index (κ3) is 3.66. The fourth-order valence-corrected chi connectivity index (χ4v) is 8.91. The molecule has 0 unspecified atom stereocenters. The van der Waals surface area contributed by atoms with Crippen molar-refractivity contribution in [3.8, 4) is 11.1 Å². The van der Waals surface area contributed by atoms with Crippen LogP contribution in [0.25, 0.3) is 27.6 Å². The number of allylic oxidation sites excluding steroid dienone is 4. The highest BCUT2D eigenvalue weighted by Gasteiger charge is 2.61. The van der Waals surface area contributed by atoms with E-state index in [2.05, 4.69) is 96.6 Å². The zero-order chi connectivity index (χ0) is 29.6. The zero-order valence-corrected chi connectivity index (χ0v) is 25.6. The van der Waals surface area contributed by atoms with Gasteiger partial charge in [-0.2, -0.15) is 0 Å². The van der Waals surface area contributed by atoms with Gasteiger partial charge >= 0.3 is 0 Å². The smallest absolute Gasteiger partial charge is 0.115 e. The molecule has 3 N–H and O–H groups in total. The molecule has 4 nitrogen and oxygen atoms in total. The lowest BCUT2D eigenvalue weighted by Gasteiger charge is -2.62. The summed E-state index contributed by atoms with van der Waals surface area (Å²) in [6.45, 7) is 20.3. The normalized spacial score (nSPS) is 27.1. The maximum atomic E-state index is 11.7. The predicted molar refractivity (Wildman–Crippen MR) is 171 cm³/mol. The molecule has 0 fully saturated rings. The van der Waals surface area contributed by atoms with Crippen LogP contribution in [0, 0.1) is 29.6 Å². The SMILES string of the molecule is C=C(N)C1=C(O)[C@H](N(C)C)[C@@H]2C[C@@H]3Cc4c(-c5cnc6ccccc6c5)ccc(C)c4C(=C)C3=C(C)[C@]2(C)C1(C)C. The quantitative estimate of drug-likeness (QED) is 0.350. The molecule has 0 amide bonds.